The molecule has 0 amide bonds. The van der Waals surface area contributed by atoms with Gasteiger partial charge in [0.25, 0.3) is 10.0 Å². The second-order valence-electron chi connectivity index (χ2n) is 5.60. The van der Waals surface area contributed by atoms with Crippen molar-refractivity contribution in [3.8, 4) is 5.75 Å². The maximum Gasteiger partial charge on any atom is 0.261 e. The van der Waals surface area contributed by atoms with Crippen LogP contribution in [0.4, 0.5) is 5.69 Å². The Balaban J connectivity index is 1.90. The van der Waals surface area contributed by atoms with Crippen LogP contribution >= 0.6 is 0 Å². The van der Waals surface area contributed by atoms with E-state index in [1.54, 1.807) is 29.1 Å². The molecule has 0 fully saturated rings. The van der Waals surface area contributed by atoms with Crippen LogP contribution in [0.1, 0.15) is 19.9 Å². The highest BCUT2D eigenvalue weighted by atomic mass is 32.2. The van der Waals surface area contributed by atoms with Crippen LogP contribution in [0.2, 0.25) is 0 Å². The zero-order valence-corrected chi connectivity index (χ0v) is 14.4. The highest BCUT2D eigenvalue weighted by Gasteiger charge is 2.15. The molecule has 1 aromatic carbocycles. The summed E-state index contributed by atoms with van der Waals surface area (Å²) >= 11 is 0. The minimum absolute atomic E-state index is 0.154. The van der Waals surface area contributed by atoms with E-state index in [-0.39, 0.29) is 10.9 Å². The molecule has 126 valence electrons. The average molecular weight is 346 g/mol. The molecule has 7 nitrogen and oxygen atoms in total. The van der Waals surface area contributed by atoms with Gasteiger partial charge in [-0.3, -0.25) is 4.72 Å². The van der Waals surface area contributed by atoms with Crippen LogP contribution in [-0.2, 0) is 10.0 Å². The molecule has 3 aromatic rings. The van der Waals surface area contributed by atoms with E-state index in [9.17, 15) is 8.42 Å². The highest BCUT2D eigenvalue weighted by molar-refractivity contribution is 7.92. The molecule has 0 saturated carbocycles. The van der Waals surface area contributed by atoms with E-state index in [0.717, 1.165) is 11.0 Å². The lowest BCUT2D eigenvalue weighted by atomic mass is 10.3. The van der Waals surface area contributed by atoms with Crippen LogP contribution in [0.3, 0.4) is 0 Å². The quantitative estimate of drug-likeness (QED) is 0.768. The molecule has 0 spiro atoms. The summed E-state index contributed by atoms with van der Waals surface area (Å²) < 4.78 is 34.3. The van der Waals surface area contributed by atoms with Crippen molar-refractivity contribution in [2.24, 2.45) is 0 Å². The molecule has 24 heavy (non-hydrogen) atoms. The molecule has 0 unspecified atom stereocenters. The molecule has 0 aliphatic heterocycles. The van der Waals surface area contributed by atoms with Crippen LogP contribution < -0.4 is 9.46 Å². The number of hydrogen-bond acceptors (Lipinski definition) is 5. The Hall–Kier alpha value is -2.61. The number of nitrogens with zero attached hydrogens (tertiary/aromatic N) is 3. The van der Waals surface area contributed by atoms with Crippen LogP contribution in [0.25, 0.3) is 11.0 Å². The molecule has 3 rings (SSSR count). The number of sulfonamides is 1. The van der Waals surface area contributed by atoms with E-state index in [1.165, 1.54) is 25.4 Å². The maximum absolute atomic E-state index is 12.5. The highest BCUT2D eigenvalue weighted by Crippen LogP contribution is 2.22. The van der Waals surface area contributed by atoms with Crippen LogP contribution in [0, 0.1) is 0 Å². The molecule has 1 N–H and O–H groups in total. The lowest BCUT2D eigenvalue weighted by Gasteiger charge is -2.09. The van der Waals surface area contributed by atoms with E-state index >= 15 is 0 Å². The summed E-state index contributed by atoms with van der Waals surface area (Å²) in [5.74, 6) is 0.595. The molecule has 0 aliphatic rings. The van der Waals surface area contributed by atoms with Gasteiger partial charge in [-0.05, 0) is 44.2 Å². The molecule has 0 bridgehead atoms. The Morgan fingerprint density at radius 1 is 1.17 bits per heavy atom. The van der Waals surface area contributed by atoms with Gasteiger partial charge in [-0.2, -0.15) is 5.10 Å². The summed E-state index contributed by atoms with van der Waals surface area (Å²) in [6, 6.07) is 8.07. The van der Waals surface area contributed by atoms with Gasteiger partial charge < -0.3 is 4.74 Å². The van der Waals surface area contributed by atoms with Gasteiger partial charge in [0.2, 0.25) is 0 Å². The fourth-order valence-electron chi connectivity index (χ4n) is 2.34. The van der Waals surface area contributed by atoms with E-state index in [1.807, 2.05) is 13.8 Å². The first-order valence-corrected chi connectivity index (χ1v) is 8.89. The van der Waals surface area contributed by atoms with E-state index < -0.39 is 10.0 Å². The number of methoxy groups -OCH3 is 1. The smallest absolute Gasteiger partial charge is 0.261 e. The number of anilines is 1. The Morgan fingerprint density at radius 2 is 1.88 bits per heavy atom. The Bertz CT molecular complexity index is 963. The van der Waals surface area contributed by atoms with Crippen molar-refractivity contribution in [3.05, 3.63) is 42.7 Å². The number of aromatic nitrogens is 3. The van der Waals surface area contributed by atoms with Gasteiger partial charge in [-0.1, -0.05) is 0 Å². The lowest BCUT2D eigenvalue weighted by Crippen LogP contribution is -2.13. The van der Waals surface area contributed by atoms with E-state index in [0.29, 0.717) is 11.4 Å². The first-order valence-electron chi connectivity index (χ1n) is 7.41. The monoisotopic (exact) mass is 346 g/mol. The normalized spacial score (nSPS) is 11.8. The third-order valence-corrected chi connectivity index (χ3v) is 4.94. The van der Waals surface area contributed by atoms with Crippen LogP contribution in [0.5, 0.6) is 5.75 Å². The third kappa shape index (κ3) is 3.05. The van der Waals surface area contributed by atoms with Crippen molar-refractivity contribution in [2.45, 2.75) is 24.8 Å². The summed E-state index contributed by atoms with van der Waals surface area (Å²) in [4.78, 5) is 4.48. The van der Waals surface area contributed by atoms with Gasteiger partial charge >= 0.3 is 0 Å². The predicted molar refractivity (Wildman–Crippen MR) is 91.7 cm³/mol. The first kappa shape index (κ1) is 16.3. The van der Waals surface area contributed by atoms with Gasteiger partial charge in [0.15, 0.2) is 5.65 Å². The summed E-state index contributed by atoms with van der Waals surface area (Å²) in [6.07, 6.45) is 3.16. The Labute approximate surface area is 140 Å². The minimum Gasteiger partial charge on any atom is -0.497 e. The second kappa shape index (κ2) is 6.12. The van der Waals surface area contributed by atoms with Crippen molar-refractivity contribution in [2.75, 3.05) is 11.8 Å². The number of ether oxygens (including phenoxy) is 1. The van der Waals surface area contributed by atoms with Gasteiger partial charge in [-0.25, -0.2) is 18.1 Å². The number of benzene rings is 1. The topological polar surface area (TPSA) is 86.1 Å². The van der Waals surface area contributed by atoms with Crippen LogP contribution in [-0.4, -0.2) is 30.3 Å². The largest absolute Gasteiger partial charge is 0.497 e. The molecule has 2 heterocycles. The molecule has 0 aliphatic carbocycles. The van der Waals surface area contributed by atoms with Crippen molar-refractivity contribution < 1.29 is 13.2 Å². The van der Waals surface area contributed by atoms with Crippen molar-refractivity contribution in [3.63, 3.8) is 0 Å². The zero-order chi connectivity index (χ0) is 17.3. The summed E-state index contributed by atoms with van der Waals surface area (Å²) in [5, 5.41) is 5.05. The second-order valence-corrected chi connectivity index (χ2v) is 7.28. The summed E-state index contributed by atoms with van der Waals surface area (Å²) in [5.41, 5.74) is 1.11. The van der Waals surface area contributed by atoms with E-state index in [4.69, 9.17) is 4.74 Å². The van der Waals surface area contributed by atoms with Gasteiger partial charge in [0.1, 0.15) is 5.75 Å². The molecule has 0 atom stereocenters. The predicted octanol–water partition coefficient (Wildman–Crippen LogP) is 2.82. The fraction of sp³-hybridized carbons (Fsp3) is 0.250. The van der Waals surface area contributed by atoms with Crippen LogP contribution in [0.15, 0.2) is 47.6 Å². The van der Waals surface area contributed by atoms with Crippen molar-refractivity contribution >= 4 is 26.7 Å². The van der Waals surface area contributed by atoms with Gasteiger partial charge in [0.05, 0.1) is 30.1 Å². The zero-order valence-electron chi connectivity index (χ0n) is 13.6. The Kier molecular flexibility index (Phi) is 4.15. The number of nitrogens with one attached hydrogen (secondary N) is 1. The molecular weight excluding hydrogens is 328 g/mol. The molecule has 0 saturated heterocycles. The molecule has 0 radical (unpaired) electrons. The standard InChI is InChI=1S/C16H18N4O3S/c1-11(2)20-16-12(9-18-20)8-13(10-17-16)19-24(21,22)15-6-4-14(23-3)5-7-15/h4-11,19H,1-3H3. The minimum atomic E-state index is -3.69. The molecule has 2 aromatic heterocycles. The number of rotatable bonds is 5. The number of fused-ring (bicyclic) bond motifs is 1. The van der Waals surface area contributed by atoms with Gasteiger partial charge in [0, 0.05) is 11.4 Å². The number of pyridine rings is 1. The maximum atomic E-state index is 12.5. The number of hydrogen-bond donors (Lipinski definition) is 1. The van der Waals surface area contributed by atoms with Gasteiger partial charge in [-0.15, -0.1) is 0 Å². The molecular formula is C16H18N4O3S. The first-order chi connectivity index (χ1) is 11.4. The fourth-order valence-corrected chi connectivity index (χ4v) is 3.38. The Morgan fingerprint density at radius 3 is 2.50 bits per heavy atom. The average Bonchev–Trinajstić information content (AvgIpc) is 2.98. The lowest BCUT2D eigenvalue weighted by molar-refractivity contribution is 0.414. The molecule has 8 heteroatoms. The summed E-state index contributed by atoms with van der Waals surface area (Å²) in [7, 11) is -2.16. The third-order valence-electron chi connectivity index (χ3n) is 3.54. The summed E-state index contributed by atoms with van der Waals surface area (Å²) in [6.45, 7) is 4.02. The SMILES string of the molecule is COc1ccc(S(=O)(=O)Nc2cnc3c(cnn3C(C)C)c2)cc1. The van der Waals surface area contributed by atoms with Crippen molar-refractivity contribution in [1.29, 1.82) is 0 Å². The van der Waals surface area contributed by atoms with Crippen molar-refractivity contribution in [1.82, 2.24) is 14.8 Å². The van der Waals surface area contributed by atoms with E-state index in [2.05, 4.69) is 14.8 Å².